The Morgan fingerprint density at radius 3 is 2.64 bits per heavy atom. The molecule has 74 valence electrons. The Labute approximate surface area is 100 Å². The van der Waals surface area contributed by atoms with Crippen molar-refractivity contribution in [1.82, 2.24) is 9.72 Å². The second-order valence-electron chi connectivity index (χ2n) is 2.31. The molecule has 0 aliphatic heterocycles. The van der Waals surface area contributed by atoms with E-state index in [1.165, 1.54) is 0 Å². The van der Waals surface area contributed by atoms with Crippen molar-refractivity contribution in [3.05, 3.63) is 21.0 Å². The molecule has 0 aliphatic carbocycles. The number of H-pyrrole nitrogens is 1. The van der Waals surface area contributed by atoms with Gasteiger partial charge in [0.25, 0.3) is 0 Å². The van der Waals surface area contributed by atoms with Crippen molar-refractivity contribution in [2.45, 2.75) is 12.6 Å². The quantitative estimate of drug-likeness (QED) is 0.429. The summed E-state index contributed by atoms with van der Waals surface area (Å²) >= 11 is 0. The van der Waals surface area contributed by atoms with Crippen molar-refractivity contribution in [3.8, 4) is 0 Å². The number of carbonyl (C=O) groups is 1. The maximum absolute atomic E-state index is 10.8. The van der Waals surface area contributed by atoms with E-state index in [2.05, 4.69) is 4.52 Å². The van der Waals surface area contributed by atoms with Crippen molar-refractivity contribution >= 4 is 5.97 Å². The normalized spacial score (nSPS) is 11.8. The number of aromatic amines is 1. The molecule has 0 fully saturated rings. The number of aliphatic carboxylic acids is 1. The van der Waals surface area contributed by atoms with Crippen LogP contribution in [0.5, 0.6) is 0 Å². The van der Waals surface area contributed by atoms with E-state index >= 15 is 0 Å². The van der Waals surface area contributed by atoms with Crippen LogP contribution in [-0.4, -0.2) is 26.8 Å². The summed E-state index contributed by atoms with van der Waals surface area (Å²) in [6.45, 7) is -0.382. The van der Waals surface area contributed by atoms with Gasteiger partial charge in [0.1, 0.15) is 6.04 Å². The predicted molar refractivity (Wildman–Crippen MR) is 40.3 cm³/mol. The number of aromatic nitrogens is 2. The molecule has 0 spiro atoms. The summed E-state index contributed by atoms with van der Waals surface area (Å²) in [4.78, 5) is 33.2. The summed E-state index contributed by atoms with van der Waals surface area (Å²) in [5.74, 6) is -2.22. The molecule has 0 aromatic carbocycles. The minimum atomic E-state index is -1.28. The summed E-state index contributed by atoms with van der Waals surface area (Å²) in [7, 11) is 0. The first-order valence-corrected chi connectivity index (χ1v) is 3.29. The number of nitrogens with one attached hydrogen (secondary N) is 1. The van der Waals surface area contributed by atoms with Gasteiger partial charge in [-0.3, -0.25) is 4.79 Å². The molecule has 1 aromatic rings. The molecule has 1 aromatic heterocycles. The Morgan fingerprint density at radius 2 is 2.29 bits per heavy atom. The Morgan fingerprint density at radius 1 is 1.71 bits per heavy atom. The van der Waals surface area contributed by atoms with E-state index in [1.807, 2.05) is 0 Å². The van der Waals surface area contributed by atoms with Gasteiger partial charge in [0.2, 0.25) is 0 Å². The summed E-state index contributed by atoms with van der Waals surface area (Å²) in [6, 6.07) is -1.28. The monoisotopic (exact) mass is 213 g/mol. The topological polar surface area (TPSA) is 131 Å². The third-order valence-corrected chi connectivity index (χ3v) is 1.31. The molecule has 0 saturated heterocycles. The molecule has 1 rings (SSSR count). The Hall–Kier alpha value is -0.830. The van der Waals surface area contributed by atoms with Gasteiger partial charge < -0.3 is 16.8 Å². The van der Waals surface area contributed by atoms with E-state index in [4.69, 9.17) is 10.8 Å². The third-order valence-electron chi connectivity index (χ3n) is 1.31. The first kappa shape index (κ1) is 13.2. The number of carboxylic acids is 1. The fraction of sp³-hybridized carbons (Fsp3) is 0.400. The summed E-state index contributed by atoms with van der Waals surface area (Å²) in [5, 5.41) is 8.37. The molecule has 8 nitrogen and oxygen atoms in total. The van der Waals surface area contributed by atoms with E-state index in [9.17, 15) is 14.4 Å². The molecule has 0 saturated carbocycles. The second-order valence-corrected chi connectivity index (χ2v) is 2.31. The maximum atomic E-state index is 10.8. The third kappa shape index (κ3) is 3.14. The van der Waals surface area contributed by atoms with E-state index in [0.717, 1.165) is 0 Å². The molecule has 0 amide bonds. The standard InChI is InChI=1S/C5H7N3O5.Na.H/c6-2(3(9)10)1-8-4(11)7-5(12)13-8;;/h2H,1,6H2,(H,9,10)(H,7,11,12);;/q;+1;-1/t2-;;/m0../s1. The molecular formula is C5H8N3NaO5. The van der Waals surface area contributed by atoms with Crippen LogP contribution in [0.15, 0.2) is 14.1 Å². The average Bonchev–Trinajstić information content (AvgIpc) is 2.30. The average molecular weight is 213 g/mol. The fourth-order valence-electron chi connectivity index (χ4n) is 0.691. The number of carboxylic acid groups (broad SMARTS) is 1. The van der Waals surface area contributed by atoms with Crippen LogP contribution in [0.3, 0.4) is 0 Å². The van der Waals surface area contributed by atoms with Crippen LogP contribution < -0.4 is 46.7 Å². The molecule has 1 heterocycles. The smallest absolute Gasteiger partial charge is 1.00 e. The fourth-order valence-corrected chi connectivity index (χ4v) is 0.691. The van der Waals surface area contributed by atoms with E-state index < -0.39 is 23.5 Å². The van der Waals surface area contributed by atoms with Crippen molar-refractivity contribution in [3.63, 3.8) is 0 Å². The largest absolute Gasteiger partial charge is 1.00 e. The van der Waals surface area contributed by atoms with Gasteiger partial charge in [-0.05, 0) is 0 Å². The minimum absolute atomic E-state index is 0. The van der Waals surface area contributed by atoms with Crippen LogP contribution in [0.4, 0.5) is 0 Å². The molecule has 0 bridgehead atoms. The zero-order valence-corrected chi connectivity index (χ0v) is 9.39. The second kappa shape index (κ2) is 5.15. The van der Waals surface area contributed by atoms with Crippen LogP contribution in [0.2, 0.25) is 0 Å². The molecular weight excluding hydrogens is 205 g/mol. The first-order chi connectivity index (χ1) is 6.00. The van der Waals surface area contributed by atoms with Crippen LogP contribution in [0.1, 0.15) is 1.43 Å². The zero-order chi connectivity index (χ0) is 10.0. The van der Waals surface area contributed by atoms with Gasteiger partial charge >= 0.3 is 47.0 Å². The molecule has 4 N–H and O–H groups in total. The van der Waals surface area contributed by atoms with E-state index in [0.29, 0.717) is 4.74 Å². The Balaban J connectivity index is 0. The summed E-state index contributed by atoms with van der Waals surface area (Å²) < 4.78 is 4.84. The number of hydrogen-bond acceptors (Lipinski definition) is 5. The van der Waals surface area contributed by atoms with Crippen molar-refractivity contribution in [2.75, 3.05) is 0 Å². The number of nitrogens with two attached hydrogens (primary N) is 1. The Kier molecular flexibility index (Phi) is 4.85. The van der Waals surface area contributed by atoms with Crippen LogP contribution in [-0.2, 0) is 11.3 Å². The molecule has 0 aliphatic rings. The van der Waals surface area contributed by atoms with Gasteiger partial charge in [-0.25, -0.2) is 14.6 Å². The predicted octanol–water partition coefficient (Wildman–Crippen LogP) is -5.34. The van der Waals surface area contributed by atoms with Gasteiger partial charge in [0.05, 0.1) is 6.54 Å². The van der Waals surface area contributed by atoms with Gasteiger partial charge in [0, 0.05) is 0 Å². The van der Waals surface area contributed by atoms with E-state index in [-0.39, 0.29) is 37.5 Å². The molecule has 9 heteroatoms. The molecule has 0 radical (unpaired) electrons. The van der Waals surface area contributed by atoms with Gasteiger partial charge in [-0.1, -0.05) is 0 Å². The van der Waals surface area contributed by atoms with Crippen molar-refractivity contribution in [1.29, 1.82) is 0 Å². The zero-order valence-electron chi connectivity index (χ0n) is 8.39. The van der Waals surface area contributed by atoms with Crippen molar-refractivity contribution < 1.29 is 45.4 Å². The van der Waals surface area contributed by atoms with Gasteiger partial charge in [0.15, 0.2) is 0 Å². The van der Waals surface area contributed by atoms with Gasteiger partial charge in [-0.15, -0.1) is 4.74 Å². The SMILES string of the molecule is N[C@@H](Cn1oc(=O)[nH]c1=O)C(=O)O.[H-].[Na+]. The van der Waals surface area contributed by atoms with Crippen LogP contribution in [0.25, 0.3) is 0 Å². The van der Waals surface area contributed by atoms with Crippen LogP contribution in [0, 0.1) is 0 Å². The number of rotatable bonds is 3. The van der Waals surface area contributed by atoms with Gasteiger partial charge in [-0.2, -0.15) is 0 Å². The molecule has 14 heavy (non-hydrogen) atoms. The molecule has 0 unspecified atom stereocenters. The van der Waals surface area contributed by atoms with Crippen molar-refractivity contribution in [2.24, 2.45) is 5.73 Å². The summed E-state index contributed by atoms with van der Waals surface area (Å²) in [5.41, 5.74) is 4.27. The first-order valence-electron chi connectivity index (χ1n) is 3.29. The minimum Gasteiger partial charge on any atom is -1.00 e. The molecule has 1 atom stereocenters. The maximum Gasteiger partial charge on any atom is 1.00 e. The number of nitrogens with zero attached hydrogens (tertiary/aromatic N) is 1. The Bertz CT molecular complexity index is 423. The summed E-state index contributed by atoms with van der Waals surface area (Å²) in [6.07, 6.45) is 0. The number of hydrogen-bond donors (Lipinski definition) is 3. The van der Waals surface area contributed by atoms with E-state index in [1.54, 1.807) is 4.98 Å². The van der Waals surface area contributed by atoms with Crippen LogP contribution >= 0.6 is 0 Å².